The lowest BCUT2D eigenvalue weighted by Gasteiger charge is -2.28. The van der Waals surface area contributed by atoms with Crippen LogP contribution in [-0.2, 0) is 10.8 Å². The van der Waals surface area contributed by atoms with Crippen LogP contribution in [0, 0.1) is 0 Å². The number of nitrogens with zero attached hydrogens (tertiary/aromatic N) is 2. The third-order valence-corrected chi connectivity index (χ3v) is 15.3. The van der Waals surface area contributed by atoms with Crippen molar-refractivity contribution in [3.8, 4) is 50.2 Å². The Bertz CT molecular complexity index is 3840. The van der Waals surface area contributed by atoms with Crippen LogP contribution < -0.4 is 4.90 Å². The van der Waals surface area contributed by atoms with E-state index in [4.69, 9.17) is 0 Å². The standard InChI is InChI=1S/C62H44N2/c1-61(2)52-17-9-7-14-46(52)50-36-45(28-30-53(50)61)63(43-25-22-38(23-26-43)40-21-20-37-12-5-6-13-39(37)32-40)44-27-24-41-35-57-51(34-42(41)33-44)48-16-11-18-54-58(48)59-55(62(54,3)4)31-29-49-47-15-8-10-19-56(47)64(57)60(49)59/h5-36H,1-4H3. The Morgan fingerprint density at radius 3 is 1.88 bits per heavy atom. The highest BCUT2D eigenvalue weighted by Crippen LogP contribution is 2.58. The first-order valence-electron chi connectivity index (χ1n) is 22.7. The molecule has 1 aliphatic heterocycles. The Balaban J connectivity index is 0.984. The van der Waals surface area contributed by atoms with Gasteiger partial charge in [-0.1, -0.05) is 161 Å². The van der Waals surface area contributed by atoms with Gasteiger partial charge in [0.1, 0.15) is 0 Å². The van der Waals surface area contributed by atoms with Crippen molar-refractivity contribution >= 4 is 60.4 Å². The molecule has 64 heavy (non-hydrogen) atoms. The van der Waals surface area contributed by atoms with Gasteiger partial charge in [-0.05, 0) is 138 Å². The smallest absolute Gasteiger partial charge is 0.0623 e. The summed E-state index contributed by atoms with van der Waals surface area (Å²) >= 11 is 0. The van der Waals surface area contributed by atoms with E-state index in [0.717, 1.165) is 17.1 Å². The Morgan fingerprint density at radius 2 is 0.984 bits per heavy atom. The molecule has 10 aromatic carbocycles. The van der Waals surface area contributed by atoms with Crippen LogP contribution in [0.3, 0.4) is 0 Å². The van der Waals surface area contributed by atoms with Gasteiger partial charge in [0.25, 0.3) is 0 Å². The fourth-order valence-corrected chi connectivity index (χ4v) is 12.1. The van der Waals surface area contributed by atoms with Gasteiger partial charge in [0.05, 0.1) is 16.7 Å². The van der Waals surface area contributed by atoms with Crippen LogP contribution in [0.1, 0.15) is 49.9 Å². The molecule has 1 aromatic heterocycles. The number of rotatable bonds is 4. The Hall–Kier alpha value is -7.68. The summed E-state index contributed by atoms with van der Waals surface area (Å²) in [7, 11) is 0. The molecule has 2 heterocycles. The van der Waals surface area contributed by atoms with Gasteiger partial charge >= 0.3 is 0 Å². The molecule has 2 heteroatoms. The molecule has 3 aliphatic rings. The summed E-state index contributed by atoms with van der Waals surface area (Å²) in [6.07, 6.45) is 0. The second-order valence-electron chi connectivity index (χ2n) is 19.3. The maximum Gasteiger partial charge on any atom is 0.0623 e. The van der Waals surface area contributed by atoms with E-state index >= 15 is 0 Å². The van der Waals surface area contributed by atoms with Crippen molar-refractivity contribution < 1.29 is 0 Å². The molecule has 2 nitrogen and oxygen atoms in total. The lowest BCUT2D eigenvalue weighted by atomic mass is 9.81. The molecular formula is C62H44N2. The van der Waals surface area contributed by atoms with E-state index in [-0.39, 0.29) is 10.8 Å². The number of para-hydroxylation sites is 1. The predicted octanol–water partition coefficient (Wildman–Crippen LogP) is 16.8. The van der Waals surface area contributed by atoms with Gasteiger partial charge in [0.2, 0.25) is 0 Å². The molecule has 14 rings (SSSR count). The van der Waals surface area contributed by atoms with Crippen molar-refractivity contribution in [2.45, 2.75) is 38.5 Å². The SMILES string of the molecule is CC1(C)c2ccccc2-c2cc(N(c3ccc(-c4ccc5ccccc5c4)cc3)c3ccc4cc5c(cc4c3)-c3cccc4c3-c3c(ccc6c7ccccc7n-5c36)C4(C)C)ccc21. The average molecular weight is 817 g/mol. The average Bonchev–Trinajstić information content (AvgIpc) is 3.84. The zero-order valence-electron chi connectivity index (χ0n) is 36.4. The summed E-state index contributed by atoms with van der Waals surface area (Å²) in [4.78, 5) is 2.46. The van der Waals surface area contributed by atoms with E-state index in [9.17, 15) is 0 Å². The van der Waals surface area contributed by atoms with Gasteiger partial charge in [-0.2, -0.15) is 0 Å². The molecule has 0 saturated heterocycles. The quantitative estimate of drug-likeness (QED) is 0.172. The van der Waals surface area contributed by atoms with E-state index < -0.39 is 0 Å². The predicted molar refractivity (Wildman–Crippen MR) is 270 cm³/mol. The summed E-state index contributed by atoms with van der Waals surface area (Å²) in [5, 5.41) is 7.57. The Kier molecular flexibility index (Phi) is 7.00. The molecule has 0 amide bonds. The maximum atomic E-state index is 2.57. The van der Waals surface area contributed by atoms with Crippen LogP contribution in [0.15, 0.2) is 194 Å². The molecule has 0 saturated carbocycles. The number of fused-ring (bicyclic) bond motifs is 11. The second-order valence-corrected chi connectivity index (χ2v) is 19.3. The van der Waals surface area contributed by atoms with Gasteiger partial charge in [0.15, 0.2) is 0 Å². The van der Waals surface area contributed by atoms with Crippen molar-refractivity contribution in [2.24, 2.45) is 0 Å². The fraction of sp³-hybridized carbons (Fsp3) is 0.0968. The molecule has 11 aromatic rings. The molecule has 0 fully saturated rings. The van der Waals surface area contributed by atoms with Crippen LogP contribution in [-0.4, -0.2) is 4.57 Å². The topological polar surface area (TPSA) is 8.17 Å². The maximum absolute atomic E-state index is 2.57. The third-order valence-electron chi connectivity index (χ3n) is 15.3. The summed E-state index contributed by atoms with van der Waals surface area (Å²) < 4.78 is 2.57. The first-order valence-corrected chi connectivity index (χ1v) is 22.7. The largest absolute Gasteiger partial charge is 0.310 e. The van der Waals surface area contributed by atoms with Crippen molar-refractivity contribution in [3.63, 3.8) is 0 Å². The summed E-state index contributed by atoms with van der Waals surface area (Å²) in [6.45, 7) is 9.52. The van der Waals surface area contributed by atoms with E-state index in [2.05, 4.69) is 231 Å². The van der Waals surface area contributed by atoms with Crippen molar-refractivity contribution in [2.75, 3.05) is 4.90 Å². The minimum Gasteiger partial charge on any atom is -0.310 e. The van der Waals surface area contributed by atoms with E-state index in [1.807, 2.05) is 0 Å². The Labute approximate surface area is 373 Å². The lowest BCUT2D eigenvalue weighted by Crippen LogP contribution is -2.15. The highest BCUT2D eigenvalue weighted by atomic mass is 15.1. The Morgan fingerprint density at radius 1 is 0.359 bits per heavy atom. The van der Waals surface area contributed by atoms with Crippen LogP contribution >= 0.6 is 0 Å². The minimum absolute atomic E-state index is 0.0680. The van der Waals surface area contributed by atoms with Crippen molar-refractivity contribution in [1.29, 1.82) is 0 Å². The number of anilines is 3. The second kappa shape index (κ2) is 12.5. The van der Waals surface area contributed by atoms with E-state index in [0.29, 0.717) is 0 Å². The van der Waals surface area contributed by atoms with Crippen molar-refractivity contribution in [1.82, 2.24) is 4.57 Å². The minimum atomic E-state index is -0.104. The highest BCUT2D eigenvalue weighted by molar-refractivity contribution is 6.19. The molecule has 2 aliphatic carbocycles. The normalized spacial score (nSPS) is 14.5. The zero-order chi connectivity index (χ0) is 42.6. The van der Waals surface area contributed by atoms with Gasteiger partial charge < -0.3 is 9.47 Å². The van der Waals surface area contributed by atoms with Crippen LogP contribution in [0.2, 0.25) is 0 Å². The molecule has 0 atom stereocenters. The first-order chi connectivity index (χ1) is 31.2. The number of benzene rings is 10. The fourth-order valence-electron chi connectivity index (χ4n) is 12.1. The summed E-state index contributed by atoms with van der Waals surface area (Å²) in [5.74, 6) is 0. The lowest BCUT2D eigenvalue weighted by molar-refractivity contribution is 0.660. The van der Waals surface area contributed by atoms with Gasteiger partial charge in [-0.3, -0.25) is 0 Å². The zero-order valence-corrected chi connectivity index (χ0v) is 36.4. The molecule has 0 N–H and O–H groups in total. The van der Waals surface area contributed by atoms with Gasteiger partial charge in [-0.15, -0.1) is 0 Å². The first kappa shape index (κ1) is 35.9. The number of aromatic nitrogens is 1. The molecule has 0 spiro atoms. The molecule has 0 bridgehead atoms. The van der Waals surface area contributed by atoms with Gasteiger partial charge in [-0.25, -0.2) is 0 Å². The van der Waals surface area contributed by atoms with Crippen LogP contribution in [0.25, 0.3) is 93.5 Å². The number of hydrogen-bond donors (Lipinski definition) is 0. The molecule has 0 radical (unpaired) electrons. The van der Waals surface area contributed by atoms with E-state index in [1.165, 1.54) is 116 Å². The van der Waals surface area contributed by atoms with Crippen LogP contribution in [0.4, 0.5) is 17.1 Å². The van der Waals surface area contributed by atoms with Crippen LogP contribution in [0.5, 0.6) is 0 Å². The van der Waals surface area contributed by atoms with Gasteiger partial charge in [0, 0.05) is 49.8 Å². The van der Waals surface area contributed by atoms with E-state index in [1.54, 1.807) is 0 Å². The highest BCUT2D eigenvalue weighted by Gasteiger charge is 2.41. The summed E-state index contributed by atoms with van der Waals surface area (Å²) in [6, 6.07) is 73.3. The third kappa shape index (κ3) is 4.70. The number of hydrogen-bond acceptors (Lipinski definition) is 1. The monoisotopic (exact) mass is 816 g/mol. The molecule has 302 valence electrons. The molecular weight excluding hydrogens is 773 g/mol. The van der Waals surface area contributed by atoms with Crippen molar-refractivity contribution in [3.05, 3.63) is 216 Å². The summed E-state index contributed by atoms with van der Waals surface area (Å²) in [5.41, 5.74) is 23.0. The molecule has 0 unspecified atom stereocenters.